The molecular weight excluding hydrogens is 231 g/mol. The summed E-state index contributed by atoms with van der Waals surface area (Å²) in [6, 6.07) is 3.86. The van der Waals surface area contributed by atoms with Crippen molar-refractivity contribution in [2.75, 3.05) is 0 Å². The molecule has 0 saturated carbocycles. The summed E-state index contributed by atoms with van der Waals surface area (Å²) in [6.07, 6.45) is -4.54. The molecule has 0 saturated heterocycles. The molecular formula is C12H10F3NO. The molecule has 5 heteroatoms. The lowest BCUT2D eigenvalue weighted by Gasteiger charge is -2.10. The van der Waals surface area contributed by atoms with E-state index in [1.165, 1.54) is 6.07 Å². The smallest absolute Gasteiger partial charge is 0.351 e. The van der Waals surface area contributed by atoms with Gasteiger partial charge in [0.1, 0.15) is 5.69 Å². The van der Waals surface area contributed by atoms with Crippen LogP contribution in [0.15, 0.2) is 23.0 Å². The second-order valence-corrected chi connectivity index (χ2v) is 3.98. The summed E-state index contributed by atoms with van der Waals surface area (Å²) in [7, 11) is 0. The molecule has 1 aromatic carbocycles. The second kappa shape index (κ2) is 3.61. The maximum Gasteiger partial charge on any atom is 0.431 e. The van der Waals surface area contributed by atoms with Crippen molar-refractivity contribution in [2.45, 2.75) is 20.0 Å². The van der Waals surface area contributed by atoms with Gasteiger partial charge >= 0.3 is 6.18 Å². The molecule has 0 atom stereocenters. The number of H-pyrrole nitrogens is 1. The Balaban J connectivity index is 2.89. The van der Waals surface area contributed by atoms with Gasteiger partial charge in [0.05, 0.1) is 5.52 Å². The Morgan fingerprint density at radius 2 is 1.82 bits per heavy atom. The quantitative estimate of drug-likeness (QED) is 0.755. The number of aromatic nitrogens is 1. The summed E-state index contributed by atoms with van der Waals surface area (Å²) in [5, 5.41) is 0.279. The van der Waals surface area contributed by atoms with Crippen LogP contribution in [0.2, 0.25) is 0 Å². The maximum absolute atomic E-state index is 12.6. The molecule has 0 unspecified atom stereocenters. The molecule has 0 aliphatic rings. The van der Waals surface area contributed by atoms with Crippen molar-refractivity contribution in [3.63, 3.8) is 0 Å². The van der Waals surface area contributed by atoms with Crippen LogP contribution in [0.5, 0.6) is 0 Å². The zero-order valence-electron chi connectivity index (χ0n) is 9.27. The van der Waals surface area contributed by atoms with Crippen molar-refractivity contribution < 1.29 is 13.2 Å². The number of nitrogens with one attached hydrogen (secondary N) is 1. The van der Waals surface area contributed by atoms with Crippen LogP contribution in [0.3, 0.4) is 0 Å². The number of alkyl halides is 3. The van der Waals surface area contributed by atoms with Crippen LogP contribution in [0.1, 0.15) is 16.8 Å². The second-order valence-electron chi connectivity index (χ2n) is 3.98. The van der Waals surface area contributed by atoms with Crippen molar-refractivity contribution >= 4 is 10.9 Å². The maximum atomic E-state index is 12.6. The van der Waals surface area contributed by atoms with Crippen molar-refractivity contribution in [3.05, 3.63) is 45.2 Å². The predicted octanol–water partition coefficient (Wildman–Crippen LogP) is 3.16. The van der Waals surface area contributed by atoms with Crippen molar-refractivity contribution in [2.24, 2.45) is 0 Å². The molecule has 1 heterocycles. The van der Waals surface area contributed by atoms with Gasteiger partial charge in [-0.15, -0.1) is 0 Å². The highest BCUT2D eigenvalue weighted by Crippen LogP contribution is 2.28. The largest absolute Gasteiger partial charge is 0.431 e. The fraction of sp³-hybridized carbons (Fsp3) is 0.250. The van der Waals surface area contributed by atoms with Gasteiger partial charge in [0, 0.05) is 11.5 Å². The number of fused-ring (bicyclic) bond motifs is 1. The SMILES string of the molecule is Cc1ccc2c(=O)cc(C(F)(F)F)[nH]c2c1C. The monoisotopic (exact) mass is 241 g/mol. The predicted molar refractivity (Wildman–Crippen MR) is 59.0 cm³/mol. The molecule has 1 aromatic heterocycles. The molecule has 2 nitrogen and oxygen atoms in total. The fourth-order valence-electron chi connectivity index (χ4n) is 1.71. The summed E-state index contributed by atoms with van der Waals surface area (Å²) < 4.78 is 37.7. The van der Waals surface area contributed by atoms with E-state index >= 15 is 0 Å². The first-order valence-electron chi connectivity index (χ1n) is 5.01. The number of aromatic amines is 1. The minimum Gasteiger partial charge on any atom is -0.351 e. The fourth-order valence-corrected chi connectivity index (χ4v) is 1.71. The van der Waals surface area contributed by atoms with Crippen LogP contribution in [-0.4, -0.2) is 4.98 Å². The topological polar surface area (TPSA) is 32.9 Å². The van der Waals surface area contributed by atoms with Gasteiger partial charge in [-0.3, -0.25) is 4.79 Å². The highest BCUT2D eigenvalue weighted by Gasteiger charge is 2.32. The first-order valence-corrected chi connectivity index (χ1v) is 5.01. The molecule has 2 aromatic rings. The highest BCUT2D eigenvalue weighted by atomic mass is 19.4. The van der Waals surface area contributed by atoms with E-state index in [1.807, 2.05) is 0 Å². The van der Waals surface area contributed by atoms with Crippen LogP contribution in [0.25, 0.3) is 10.9 Å². The third-order valence-electron chi connectivity index (χ3n) is 2.84. The van der Waals surface area contributed by atoms with Crippen molar-refractivity contribution in [1.82, 2.24) is 4.98 Å². The van der Waals surface area contributed by atoms with E-state index in [9.17, 15) is 18.0 Å². The van der Waals surface area contributed by atoms with E-state index < -0.39 is 17.3 Å². The number of rotatable bonds is 0. The number of benzene rings is 1. The van der Waals surface area contributed by atoms with Crippen LogP contribution in [0, 0.1) is 13.8 Å². The van der Waals surface area contributed by atoms with Gasteiger partial charge in [-0.25, -0.2) is 0 Å². The molecule has 17 heavy (non-hydrogen) atoms. The van der Waals surface area contributed by atoms with E-state index in [0.29, 0.717) is 11.6 Å². The number of hydrogen-bond donors (Lipinski definition) is 1. The normalized spacial score (nSPS) is 12.1. The third-order valence-corrected chi connectivity index (χ3v) is 2.84. The van der Waals surface area contributed by atoms with Crippen molar-refractivity contribution in [1.29, 1.82) is 0 Å². The molecule has 0 bridgehead atoms. The molecule has 0 amide bonds. The minimum absolute atomic E-state index is 0.254. The Kier molecular flexibility index (Phi) is 2.49. The number of halogens is 3. The van der Waals surface area contributed by atoms with Gasteiger partial charge < -0.3 is 4.98 Å². The van der Waals surface area contributed by atoms with E-state index in [2.05, 4.69) is 4.98 Å². The summed E-state index contributed by atoms with van der Waals surface area (Å²) in [6.45, 7) is 3.47. The van der Waals surface area contributed by atoms with Gasteiger partial charge in [-0.05, 0) is 31.0 Å². The summed E-state index contributed by atoms with van der Waals surface area (Å²) in [4.78, 5) is 13.9. The first-order chi connectivity index (χ1) is 7.80. The van der Waals surface area contributed by atoms with E-state index in [4.69, 9.17) is 0 Å². The van der Waals surface area contributed by atoms with Gasteiger partial charge in [-0.2, -0.15) is 13.2 Å². The molecule has 0 radical (unpaired) electrons. The average Bonchev–Trinajstić information content (AvgIpc) is 2.22. The third kappa shape index (κ3) is 1.92. The average molecular weight is 241 g/mol. The lowest BCUT2D eigenvalue weighted by atomic mass is 10.0. The first kappa shape index (κ1) is 11.7. The zero-order valence-corrected chi connectivity index (χ0v) is 9.27. The zero-order chi connectivity index (χ0) is 12.8. The molecule has 1 N–H and O–H groups in total. The number of pyridine rings is 1. The molecule has 2 rings (SSSR count). The van der Waals surface area contributed by atoms with Crippen LogP contribution < -0.4 is 5.43 Å². The van der Waals surface area contributed by atoms with Gasteiger partial charge in [0.25, 0.3) is 0 Å². The minimum atomic E-state index is -4.54. The van der Waals surface area contributed by atoms with E-state index in [-0.39, 0.29) is 10.9 Å². The lowest BCUT2D eigenvalue weighted by molar-refractivity contribution is -0.141. The molecule has 0 aliphatic carbocycles. The molecule has 90 valence electrons. The molecule has 0 fully saturated rings. The number of aryl methyl sites for hydroxylation is 2. The Hall–Kier alpha value is -1.78. The van der Waals surface area contributed by atoms with Gasteiger partial charge in [0.2, 0.25) is 0 Å². The highest BCUT2D eigenvalue weighted by molar-refractivity contribution is 5.82. The van der Waals surface area contributed by atoms with E-state index in [0.717, 1.165) is 5.56 Å². The van der Waals surface area contributed by atoms with Gasteiger partial charge in [-0.1, -0.05) is 6.07 Å². The summed E-state index contributed by atoms with van der Waals surface area (Å²) in [5.74, 6) is 0. The molecule has 0 aliphatic heterocycles. The Labute approximate surface area is 95.1 Å². The molecule has 0 spiro atoms. The Morgan fingerprint density at radius 3 is 2.41 bits per heavy atom. The van der Waals surface area contributed by atoms with E-state index in [1.54, 1.807) is 19.9 Å². The van der Waals surface area contributed by atoms with Crippen LogP contribution in [0.4, 0.5) is 13.2 Å². The van der Waals surface area contributed by atoms with Crippen molar-refractivity contribution in [3.8, 4) is 0 Å². The van der Waals surface area contributed by atoms with Crippen LogP contribution >= 0.6 is 0 Å². The number of hydrogen-bond acceptors (Lipinski definition) is 1. The van der Waals surface area contributed by atoms with Gasteiger partial charge in [0.15, 0.2) is 5.43 Å². The Bertz CT molecular complexity index is 640. The summed E-state index contributed by atoms with van der Waals surface area (Å²) in [5.41, 5.74) is 0.126. The lowest BCUT2D eigenvalue weighted by Crippen LogP contribution is -2.14. The summed E-state index contributed by atoms with van der Waals surface area (Å²) >= 11 is 0. The standard InChI is InChI=1S/C12H10F3NO/c1-6-3-4-8-9(17)5-10(12(13,14)15)16-11(8)7(6)2/h3-5H,1-2H3,(H,16,17). The van der Waals surface area contributed by atoms with Crippen LogP contribution in [-0.2, 0) is 6.18 Å². The Morgan fingerprint density at radius 1 is 1.18 bits per heavy atom.